The van der Waals surface area contributed by atoms with E-state index in [1.807, 2.05) is 13.8 Å². The largest absolute Gasteiger partial charge is 0.395 e. The Kier molecular flexibility index (Phi) is 5.89. The van der Waals surface area contributed by atoms with E-state index in [1.165, 1.54) is 0 Å². The second kappa shape index (κ2) is 6.43. The predicted molar refractivity (Wildman–Crippen MR) is 53.3 cm³/mol. The quantitative estimate of drug-likeness (QED) is 0.509. The Hall–Kier alpha value is -1.09. The second-order valence-electron chi connectivity index (χ2n) is 3.02. The Morgan fingerprint density at radius 2 is 2.15 bits per heavy atom. The SMILES string of the molecule is C=CCN(CCO)C(=O)C=C(C)C. The Morgan fingerprint density at radius 1 is 1.54 bits per heavy atom. The average Bonchev–Trinajstić information content (AvgIpc) is 2.02. The maximum absolute atomic E-state index is 11.4. The zero-order valence-corrected chi connectivity index (χ0v) is 8.29. The molecule has 0 aliphatic heterocycles. The molecule has 0 aliphatic rings. The van der Waals surface area contributed by atoms with Crippen LogP contribution in [0.15, 0.2) is 24.3 Å². The molecule has 0 unspecified atom stereocenters. The molecule has 0 heterocycles. The fraction of sp³-hybridized carbons (Fsp3) is 0.500. The van der Waals surface area contributed by atoms with Crippen LogP contribution in [0.2, 0.25) is 0 Å². The first-order chi connectivity index (χ1) is 6.11. The van der Waals surface area contributed by atoms with Gasteiger partial charge in [-0.3, -0.25) is 4.79 Å². The van der Waals surface area contributed by atoms with Crippen molar-refractivity contribution < 1.29 is 9.90 Å². The third-order valence-electron chi connectivity index (χ3n) is 1.44. The van der Waals surface area contributed by atoms with Crippen molar-refractivity contribution in [1.29, 1.82) is 0 Å². The molecule has 0 spiro atoms. The molecule has 1 N–H and O–H groups in total. The normalized spacial score (nSPS) is 9.15. The summed E-state index contributed by atoms with van der Waals surface area (Å²) in [5.41, 5.74) is 0.956. The summed E-state index contributed by atoms with van der Waals surface area (Å²) in [6, 6.07) is 0. The van der Waals surface area contributed by atoms with Crippen molar-refractivity contribution in [2.24, 2.45) is 0 Å². The first-order valence-electron chi connectivity index (χ1n) is 4.27. The van der Waals surface area contributed by atoms with E-state index in [-0.39, 0.29) is 12.5 Å². The van der Waals surface area contributed by atoms with Gasteiger partial charge in [0, 0.05) is 19.2 Å². The monoisotopic (exact) mass is 183 g/mol. The fourth-order valence-corrected chi connectivity index (χ4v) is 0.906. The standard InChI is InChI=1S/C10H17NO2/c1-4-5-11(6-7-12)10(13)8-9(2)3/h4,8,12H,1,5-7H2,2-3H3. The highest BCUT2D eigenvalue weighted by Crippen LogP contribution is 1.96. The van der Waals surface area contributed by atoms with Crippen LogP contribution in [0.3, 0.4) is 0 Å². The molecule has 13 heavy (non-hydrogen) atoms. The van der Waals surface area contributed by atoms with Crippen molar-refractivity contribution in [3.63, 3.8) is 0 Å². The van der Waals surface area contributed by atoms with Crippen LogP contribution in [0.4, 0.5) is 0 Å². The number of aliphatic hydroxyl groups excluding tert-OH is 1. The lowest BCUT2D eigenvalue weighted by molar-refractivity contribution is -0.126. The molecular weight excluding hydrogens is 166 g/mol. The zero-order valence-electron chi connectivity index (χ0n) is 8.29. The minimum Gasteiger partial charge on any atom is -0.395 e. The van der Waals surface area contributed by atoms with Gasteiger partial charge in [0.25, 0.3) is 0 Å². The van der Waals surface area contributed by atoms with Gasteiger partial charge in [0.1, 0.15) is 0 Å². The van der Waals surface area contributed by atoms with E-state index in [0.717, 1.165) is 5.57 Å². The smallest absolute Gasteiger partial charge is 0.246 e. The molecule has 0 radical (unpaired) electrons. The lowest BCUT2D eigenvalue weighted by Crippen LogP contribution is -2.32. The summed E-state index contributed by atoms with van der Waals surface area (Å²) in [7, 11) is 0. The molecule has 0 rings (SSSR count). The summed E-state index contributed by atoms with van der Waals surface area (Å²) < 4.78 is 0. The van der Waals surface area contributed by atoms with Crippen LogP contribution in [0.1, 0.15) is 13.8 Å². The van der Waals surface area contributed by atoms with Gasteiger partial charge in [0.2, 0.25) is 5.91 Å². The highest BCUT2D eigenvalue weighted by atomic mass is 16.3. The average molecular weight is 183 g/mol. The van der Waals surface area contributed by atoms with Crippen molar-refractivity contribution in [3.05, 3.63) is 24.3 Å². The maximum Gasteiger partial charge on any atom is 0.246 e. The summed E-state index contributed by atoms with van der Waals surface area (Å²) >= 11 is 0. The number of carbonyl (C=O) groups excluding carboxylic acids is 1. The van der Waals surface area contributed by atoms with Crippen LogP contribution in [-0.2, 0) is 4.79 Å². The second-order valence-corrected chi connectivity index (χ2v) is 3.02. The summed E-state index contributed by atoms with van der Waals surface area (Å²) in [5.74, 6) is -0.0750. The van der Waals surface area contributed by atoms with Gasteiger partial charge in [-0.25, -0.2) is 0 Å². The van der Waals surface area contributed by atoms with Gasteiger partial charge in [0.15, 0.2) is 0 Å². The minimum atomic E-state index is -0.0750. The summed E-state index contributed by atoms with van der Waals surface area (Å²) in [5, 5.41) is 8.70. The molecule has 0 bridgehead atoms. The van der Waals surface area contributed by atoms with E-state index in [4.69, 9.17) is 5.11 Å². The van der Waals surface area contributed by atoms with Gasteiger partial charge < -0.3 is 10.0 Å². The van der Waals surface area contributed by atoms with Crippen LogP contribution in [-0.4, -0.2) is 35.6 Å². The number of allylic oxidation sites excluding steroid dienone is 1. The summed E-state index contributed by atoms with van der Waals surface area (Å²) in [4.78, 5) is 13.0. The molecule has 0 aromatic carbocycles. The van der Waals surface area contributed by atoms with Gasteiger partial charge in [-0.1, -0.05) is 11.6 Å². The van der Waals surface area contributed by atoms with Crippen molar-refractivity contribution in [1.82, 2.24) is 4.90 Å². The fourth-order valence-electron chi connectivity index (χ4n) is 0.906. The van der Waals surface area contributed by atoms with Crippen LogP contribution in [0, 0.1) is 0 Å². The number of hydrogen-bond acceptors (Lipinski definition) is 2. The third kappa shape index (κ3) is 5.20. The van der Waals surface area contributed by atoms with E-state index >= 15 is 0 Å². The third-order valence-corrected chi connectivity index (χ3v) is 1.44. The van der Waals surface area contributed by atoms with E-state index in [0.29, 0.717) is 13.1 Å². The van der Waals surface area contributed by atoms with Gasteiger partial charge in [-0.2, -0.15) is 0 Å². The number of amides is 1. The van der Waals surface area contributed by atoms with Crippen molar-refractivity contribution in [2.45, 2.75) is 13.8 Å². The molecule has 0 saturated carbocycles. The Morgan fingerprint density at radius 3 is 2.54 bits per heavy atom. The molecule has 0 aromatic rings. The van der Waals surface area contributed by atoms with Crippen molar-refractivity contribution >= 4 is 5.91 Å². The molecule has 0 aromatic heterocycles. The molecule has 0 aliphatic carbocycles. The number of nitrogens with zero attached hydrogens (tertiary/aromatic N) is 1. The first kappa shape index (κ1) is 11.9. The van der Waals surface area contributed by atoms with E-state index in [9.17, 15) is 4.79 Å². The Bertz CT molecular complexity index is 205. The topological polar surface area (TPSA) is 40.5 Å². The highest BCUT2D eigenvalue weighted by Gasteiger charge is 2.07. The van der Waals surface area contributed by atoms with Crippen molar-refractivity contribution in [3.8, 4) is 0 Å². The van der Waals surface area contributed by atoms with Crippen molar-refractivity contribution in [2.75, 3.05) is 19.7 Å². The molecule has 0 saturated heterocycles. The molecule has 0 fully saturated rings. The van der Waals surface area contributed by atoms with Crippen LogP contribution >= 0.6 is 0 Å². The molecule has 3 heteroatoms. The predicted octanol–water partition coefficient (Wildman–Crippen LogP) is 0.960. The number of rotatable bonds is 5. The maximum atomic E-state index is 11.4. The lowest BCUT2D eigenvalue weighted by atomic mass is 10.3. The highest BCUT2D eigenvalue weighted by molar-refractivity contribution is 5.88. The van der Waals surface area contributed by atoms with Gasteiger partial charge in [-0.15, -0.1) is 6.58 Å². The van der Waals surface area contributed by atoms with Gasteiger partial charge in [-0.05, 0) is 13.8 Å². The molecule has 0 atom stereocenters. The van der Waals surface area contributed by atoms with Gasteiger partial charge >= 0.3 is 0 Å². The van der Waals surface area contributed by atoms with Crippen LogP contribution in [0.25, 0.3) is 0 Å². The van der Waals surface area contributed by atoms with Crippen LogP contribution < -0.4 is 0 Å². The Balaban J connectivity index is 4.26. The first-order valence-corrected chi connectivity index (χ1v) is 4.27. The van der Waals surface area contributed by atoms with E-state index in [2.05, 4.69) is 6.58 Å². The minimum absolute atomic E-state index is 0.0177. The van der Waals surface area contributed by atoms with Gasteiger partial charge in [0.05, 0.1) is 6.61 Å². The summed E-state index contributed by atoms with van der Waals surface area (Å²) in [6.45, 7) is 8.09. The summed E-state index contributed by atoms with van der Waals surface area (Å²) in [6.07, 6.45) is 3.20. The van der Waals surface area contributed by atoms with E-state index in [1.54, 1.807) is 17.1 Å². The lowest BCUT2D eigenvalue weighted by Gasteiger charge is -2.17. The molecular formula is C10H17NO2. The number of aliphatic hydroxyl groups is 1. The van der Waals surface area contributed by atoms with E-state index < -0.39 is 0 Å². The number of carbonyl (C=O) groups is 1. The molecule has 74 valence electrons. The number of hydrogen-bond donors (Lipinski definition) is 1. The Labute approximate surface area is 79.4 Å². The molecule has 3 nitrogen and oxygen atoms in total. The van der Waals surface area contributed by atoms with Crippen LogP contribution in [0.5, 0.6) is 0 Å². The molecule has 1 amide bonds. The zero-order chi connectivity index (χ0) is 10.3.